The number of amides is 1. The van der Waals surface area contributed by atoms with Gasteiger partial charge in [0.25, 0.3) is 5.91 Å². The Balaban J connectivity index is 1.56. The minimum Gasteiger partial charge on any atom is -0.350 e. The van der Waals surface area contributed by atoms with Gasteiger partial charge in [0.15, 0.2) is 0 Å². The molecular weight excluding hydrogens is 416 g/mol. The molecule has 2 aromatic carbocycles. The van der Waals surface area contributed by atoms with Crippen LogP contribution in [0, 0.1) is 0 Å². The van der Waals surface area contributed by atoms with Crippen molar-refractivity contribution in [3.05, 3.63) is 70.3 Å². The number of aromatic amines is 1. The van der Waals surface area contributed by atoms with Crippen LogP contribution in [0.5, 0.6) is 0 Å². The zero-order valence-electron chi connectivity index (χ0n) is 16.0. The van der Waals surface area contributed by atoms with E-state index >= 15 is 0 Å². The lowest BCUT2D eigenvalue weighted by atomic mass is 10.1. The Kier molecular flexibility index (Phi) is 5.80. The number of H-pyrrole nitrogens is 1. The first-order valence-electron chi connectivity index (χ1n) is 9.65. The number of hydrogen-bond donors (Lipinski definition) is 2. The van der Waals surface area contributed by atoms with E-state index in [1.807, 2.05) is 42.5 Å². The molecule has 0 radical (unpaired) electrons. The summed E-state index contributed by atoms with van der Waals surface area (Å²) >= 11 is 3.60. The van der Waals surface area contributed by atoms with Gasteiger partial charge in [-0.15, -0.1) is 0 Å². The maximum atomic E-state index is 13.1. The van der Waals surface area contributed by atoms with Gasteiger partial charge in [0.2, 0.25) is 0 Å². The minimum atomic E-state index is -0.0916. The van der Waals surface area contributed by atoms with Gasteiger partial charge in [0.05, 0.1) is 10.5 Å². The molecule has 6 heteroatoms. The molecule has 1 fully saturated rings. The highest BCUT2D eigenvalue weighted by Crippen LogP contribution is 2.28. The molecule has 5 nitrogen and oxygen atoms in total. The molecule has 3 aromatic rings. The smallest absolute Gasteiger partial charge is 0.269 e. The van der Waals surface area contributed by atoms with Crippen molar-refractivity contribution < 1.29 is 4.79 Å². The molecule has 1 aliphatic rings. The number of carbonyl (C=O) groups is 1. The van der Waals surface area contributed by atoms with Crippen LogP contribution in [-0.2, 0) is 0 Å². The second-order valence-corrected chi connectivity index (χ2v) is 8.19. The van der Waals surface area contributed by atoms with E-state index in [-0.39, 0.29) is 11.9 Å². The fourth-order valence-corrected chi connectivity index (χ4v) is 4.33. The van der Waals surface area contributed by atoms with Crippen molar-refractivity contribution in [3.63, 3.8) is 0 Å². The predicted molar refractivity (Wildman–Crippen MR) is 117 cm³/mol. The van der Waals surface area contributed by atoms with Crippen LogP contribution in [0.25, 0.3) is 10.9 Å². The van der Waals surface area contributed by atoms with Crippen LogP contribution in [0.1, 0.15) is 22.1 Å². The number of likely N-dealkylation sites (N-methyl/N-ethyl adjacent to an activating group) is 1. The highest BCUT2D eigenvalue weighted by atomic mass is 79.9. The van der Waals surface area contributed by atoms with E-state index in [0.29, 0.717) is 5.69 Å². The van der Waals surface area contributed by atoms with Crippen LogP contribution in [0.2, 0.25) is 0 Å². The largest absolute Gasteiger partial charge is 0.350 e. The average molecular weight is 441 g/mol. The molecule has 4 rings (SSSR count). The Labute approximate surface area is 173 Å². The van der Waals surface area contributed by atoms with E-state index in [9.17, 15) is 4.79 Å². The summed E-state index contributed by atoms with van der Waals surface area (Å²) < 4.78 is 0.812. The third kappa shape index (κ3) is 4.14. The van der Waals surface area contributed by atoms with E-state index in [2.05, 4.69) is 55.2 Å². The molecule has 2 heterocycles. The molecular formula is C22H25BrN4O. The van der Waals surface area contributed by atoms with Crippen molar-refractivity contribution in [1.29, 1.82) is 0 Å². The summed E-state index contributed by atoms with van der Waals surface area (Å²) in [6, 6.07) is 18.1. The van der Waals surface area contributed by atoms with Crippen molar-refractivity contribution in [2.45, 2.75) is 6.04 Å². The van der Waals surface area contributed by atoms with Crippen molar-refractivity contribution in [2.75, 3.05) is 39.8 Å². The van der Waals surface area contributed by atoms with E-state index < -0.39 is 0 Å². The molecule has 146 valence electrons. The van der Waals surface area contributed by atoms with E-state index in [4.69, 9.17) is 0 Å². The standard InChI is InChI=1S/C22H25BrN4O/c1-26-11-13-27(14-12-26)15-19(16-7-3-2-4-8-16)25-22(28)21-20(23)17-9-5-6-10-18(17)24-21/h2-10,19,24H,11-15H2,1H3,(H,25,28). The number of halogens is 1. The fraction of sp³-hybridized carbons (Fsp3) is 0.318. The summed E-state index contributed by atoms with van der Waals surface area (Å²) in [7, 11) is 2.15. The first-order valence-corrected chi connectivity index (χ1v) is 10.4. The first kappa shape index (κ1) is 19.2. The summed E-state index contributed by atoms with van der Waals surface area (Å²) in [5, 5.41) is 4.27. The first-order chi connectivity index (χ1) is 13.6. The van der Waals surface area contributed by atoms with Gasteiger partial charge < -0.3 is 15.2 Å². The number of nitrogens with one attached hydrogen (secondary N) is 2. The molecule has 1 saturated heterocycles. The number of benzene rings is 2. The van der Waals surface area contributed by atoms with Gasteiger partial charge in [-0.3, -0.25) is 9.69 Å². The molecule has 28 heavy (non-hydrogen) atoms. The average Bonchev–Trinajstić information content (AvgIpc) is 3.07. The molecule has 0 aliphatic carbocycles. The number of rotatable bonds is 5. The van der Waals surface area contributed by atoms with Crippen LogP contribution < -0.4 is 5.32 Å². The summed E-state index contributed by atoms with van der Waals surface area (Å²) in [6.45, 7) is 4.96. The maximum Gasteiger partial charge on any atom is 0.269 e. The van der Waals surface area contributed by atoms with E-state index in [1.54, 1.807) is 0 Å². The Bertz CT molecular complexity index is 948. The van der Waals surface area contributed by atoms with Gasteiger partial charge in [-0.25, -0.2) is 0 Å². The van der Waals surface area contributed by atoms with Gasteiger partial charge in [-0.05, 0) is 34.6 Å². The number of fused-ring (bicyclic) bond motifs is 1. The number of aromatic nitrogens is 1. The molecule has 1 unspecified atom stereocenters. The summed E-state index contributed by atoms with van der Waals surface area (Å²) in [5.74, 6) is -0.0916. The molecule has 2 N–H and O–H groups in total. The van der Waals surface area contributed by atoms with Crippen molar-refractivity contribution >= 4 is 32.7 Å². The fourth-order valence-electron chi connectivity index (χ4n) is 3.70. The van der Waals surface area contributed by atoms with Gasteiger partial charge in [0, 0.05) is 43.6 Å². The maximum absolute atomic E-state index is 13.1. The van der Waals surface area contributed by atoms with Crippen molar-refractivity contribution in [1.82, 2.24) is 20.1 Å². The Morgan fingerprint density at radius 1 is 1.07 bits per heavy atom. The van der Waals surface area contributed by atoms with Crippen LogP contribution in [0.3, 0.4) is 0 Å². The van der Waals surface area contributed by atoms with Crippen molar-refractivity contribution in [3.8, 4) is 0 Å². The zero-order chi connectivity index (χ0) is 19.5. The number of carbonyl (C=O) groups excluding carboxylic acids is 1. The summed E-state index contributed by atoms with van der Waals surface area (Å²) in [4.78, 5) is 21.1. The summed E-state index contributed by atoms with van der Waals surface area (Å²) in [6.07, 6.45) is 0. The normalized spacial score (nSPS) is 16.9. The molecule has 1 atom stereocenters. The lowest BCUT2D eigenvalue weighted by molar-refractivity contribution is 0.0902. The second-order valence-electron chi connectivity index (χ2n) is 7.40. The van der Waals surface area contributed by atoms with Gasteiger partial charge in [-0.2, -0.15) is 0 Å². The lowest BCUT2D eigenvalue weighted by Crippen LogP contribution is -2.47. The lowest BCUT2D eigenvalue weighted by Gasteiger charge is -2.35. The highest BCUT2D eigenvalue weighted by Gasteiger charge is 2.23. The number of piperazine rings is 1. The molecule has 0 bridgehead atoms. The molecule has 0 spiro atoms. The van der Waals surface area contributed by atoms with Gasteiger partial charge in [0.1, 0.15) is 5.69 Å². The number of hydrogen-bond acceptors (Lipinski definition) is 3. The minimum absolute atomic E-state index is 0.0598. The van der Waals surface area contributed by atoms with E-state index in [1.165, 1.54) is 0 Å². The Morgan fingerprint density at radius 3 is 2.46 bits per heavy atom. The Morgan fingerprint density at radius 2 is 1.75 bits per heavy atom. The monoisotopic (exact) mass is 440 g/mol. The zero-order valence-corrected chi connectivity index (χ0v) is 17.6. The third-order valence-electron chi connectivity index (χ3n) is 5.41. The topological polar surface area (TPSA) is 51.4 Å². The van der Waals surface area contributed by atoms with Crippen LogP contribution in [0.15, 0.2) is 59.1 Å². The molecule has 0 saturated carbocycles. The number of para-hydroxylation sites is 1. The van der Waals surface area contributed by atoms with Crippen LogP contribution in [0.4, 0.5) is 0 Å². The SMILES string of the molecule is CN1CCN(CC(NC(=O)c2[nH]c3ccccc3c2Br)c2ccccc2)CC1. The number of nitrogens with zero attached hydrogens (tertiary/aromatic N) is 2. The molecule has 1 amide bonds. The molecule has 1 aliphatic heterocycles. The van der Waals surface area contributed by atoms with Gasteiger partial charge >= 0.3 is 0 Å². The summed E-state index contributed by atoms with van der Waals surface area (Å²) in [5.41, 5.74) is 2.65. The van der Waals surface area contributed by atoms with Crippen molar-refractivity contribution in [2.24, 2.45) is 0 Å². The van der Waals surface area contributed by atoms with E-state index in [0.717, 1.165) is 53.7 Å². The third-order valence-corrected chi connectivity index (χ3v) is 6.24. The van der Waals surface area contributed by atoms with Crippen LogP contribution in [-0.4, -0.2) is 60.5 Å². The predicted octanol–water partition coefficient (Wildman–Crippen LogP) is 3.65. The van der Waals surface area contributed by atoms with Crippen LogP contribution >= 0.6 is 15.9 Å². The second kappa shape index (κ2) is 8.47. The highest BCUT2D eigenvalue weighted by molar-refractivity contribution is 9.10. The quantitative estimate of drug-likeness (QED) is 0.636. The van der Waals surface area contributed by atoms with Gasteiger partial charge in [-0.1, -0.05) is 48.5 Å². The Hall–Kier alpha value is -2.15. The molecule has 1 aromatic heterocycles.